The number of hydrogen-bond acceptors (Lipinski definition) is 2. The zero-order valence-electron chi connectivity index (χ0n) is 16.4. The molecular formula is C22H32Cl2N2O. The largest absolute Gasteiger partial charge is 0.373 e. The summed E-state index contributed by atoms with van der Waals surface area (Å²) < 4.78 is 8.34. The van der Waals surface area contributed by atoms with Gasteiger partial charge < -0.3 is 9.30 Å². The van der Waals surface area contributed by atoms with E-state index in [4.69, 9.17) is 27.9 Å². The van der Waals surface area contributed by atoms with Crippen molar-refractivity contribution in [2.24, 2.45) is 0 Å². The lowest BCUT2D eigenvalue weighted by Gasteiger charge is -2.20. The Labute approximate surface area is 174 Å². The van der Waals surface area contributed by atoms with Crippen LogP contribution >= 0.6 is 23.2 Å². The fraction of sp³-hybridized carbons (Fsp3) is 0.591. The average molecular weight is 411 g/mol. The Morgan fingerprint density at radius 2 is 1.81 bits per heavy atom. The number of ether oxygens (including phenoxy) is 1. The van der Waals surface area contributed by atoms with E-state index in [0.29, 0.717) is 10.0 Å². The molecular weight excluding hydrogens is 379 g/mol. The average Bonchev–Trinajstić information content (AvgIpc) is 3.16. The molecule has 0 aliphatic rings. The van der Waals surface area contributed by atoms with Gasteiger partial charge in [0.2, 0.25) is 0 Å². The van der Waals surface area contributed by atoms with Crippen LogP contribution in [0.4, 0.5) is 0 Å². The van der Waals surface area contributed by atoms with E-state index in [1.165, 1.54) is 38.5 Å². The molecule has 0 spiro atoms. The van der Waals surface area contributed by atoms with Crippen LogP contribution in [0.1, 0.15) is 76.4 Å². The third-order valence-electron chi connectivity index (χ3n) is 4.82. The van der Waals surface area contributed by atoms with E-state index in [1.54, 1.807) is 6.07 Å². The van der Waals surface area contributed by atoms with Gasteiger partial charge in [-0.1, -0.05) is 74.7 Å². The molecule has 1 heterocycles. The molecule has 0 aliphatic carbocycles. The highest BCUT2D eigenvalue weighted by molar-refractivity contribution is 6.35. The molecule has 0 fully saturated rings. The lowest BCUT2D eigenvalue weighted by molar-refractivity contribution is 0.0419. The SMILES string of the molecule is CCCCCCCCCOC(CCCn1ccnc1)c1ccc(Cl)cc1Cl. The van der Waals surface area contributed by atoms with Gasteiger partial charge in [-0.25, -0.2) is 4.98 Å². The van der Waals surface area contributed by atoms with Gasteiger partial charge in [0, 0.05) is 35.6 Å². The second-order valence-corrected chi connectivity index (χ2v) is 7.93. The van der Waals surface area contributed by atoms with Gasteiger partial charge in [0.15, 0.2) is 0 Å². The molecule has 0 bridgehead atoms. The zero-order valence-corrected chi connectivity index (χ0v) is 17.9. The van der Waals surface area contributed by atoms with Gasteiger partial charge in [-0.05, 0) is 37.0 Å². The fourth-order valence-corrected chi connectivity index (χ4v) is 3.78. The summed E-state index contributed by atoms with van der Waals surface area (Å²) in [6.07, 6.45) is 16.6. The highest BCUT2D eigenvalue weighted by Gasteiger charge is 2.15. The third-order valence-corrected chi connectivity index (χ3v) is 5.38. The standard InChI is InChI=1S/C22H32Cl2N2O/c1-2-3-4-5-6-7-8-16-27-22(10-9-14-26-15-13-25-18-26)20-12-11-19(23)17-21(20)24/h11-13,15,17-18,22H,2-10,14,16H2,1H3. The summed E-state index contributed by atoms with van der Waals surface area (Å²) in [5.74, 6) is 0. The summed E-state index contributed by atoms with van der Waals surface area (Å²) in [6.45, 7) is 3.97. The molecule has 1 atom stereocenters. The predicted molar refractivity (Wildman–Crippen MR) is 115 cm³/mol. The minimum atomic E-state index is 0.0124. The van der Waals surface area contributed by atoms with Crippen molar-refractivity contribution in [3.05, 3.63) is 52.5 Å². The second-order valence-electron chi connectivity index (χ2n) is 7.09. The zero-order chi connectivity index (χ0) is 19.3. The van der Waals surface area contributed by atoms with Gasteiger partial charge in [-0.3, -0.25) is 0 Å². The number of benzene rings is 1. The first kappa shape index (κ1) is 22.3. The lowest BCUT2D eigenvalue weighted by Crippen LogP contribution is -2.08. The second kappa shape index (κ2) is 13.2. The quantitative estimate of drug-likeness (QED) is 0.301. The predicted octanol–water partition coefficient (Wildman–Crippen LogP) is 7.48. The topological polar surface area (TPSA) is 27.1 Å². The number of nitrogens with zero attached hydrogens (tertiary/aromatic N) is 2. The monoisotopic (exact) mass is 410 g/mol. The Balaban J connectivity index is 1.80. The first-order valence-electron chi connectivity index (χ1n) is 10.2. The van der Waals surface area contributed by atoms with Gasteiger partial charge in [-0.2, -0.15) is 0 Å². The molecule has 0 saturated heterocycles. The van der Waals surface area contributed by atoms with E-state index in [-0.39, 0.29) is 6.10 Å². The molecule has 0 saturated carbocycles. The molecule has 0 amide bonds. The van der Waals surface area contributed by atoms with Crippen molar-refractivity contribution in [2.45, 2.75) is 77.4 Å². The number of halogens is 2. The molecule has 5 heteroatoms. The Bertz CT molecular complexity index is 631. The molecule has 3 nitrogen and oxygen atoms in total. The molecule has 1 unspecified atom stereocenters. The van der Waals surface area contributed by atoms with Crippen LogP contribution in [-0.2, 0) is 11.3 Å². The van der Waals surface area contributed by atoms with Crippen molar-refractivity contribution in [1.29, 1.82) is 0 Å². The van der Waals surface area contributed by atoms with Crippen LogP contribution in [0.2, 0.25) is 10.0 Å². The van der Waals surface area contributed by atoms with Crippen LogP contribution in [0, 0.1) is 0 Å². The lowest BCUT2D eigenvalue weighted by atomic mass is 10.0. The Morgan fingerprint density at radius 1 is 1.04 bits per heavy atom. The molecule has 2 aromatic rings. The van der Waals surface area contributed by atoms with E-state index in [1.807, 2.05) is 30.9 Å². The van der Waals surface area contributed by atoms with Crippen LogP contribution in [-0.4, -0.2) is 16.2 Å². The van der Waals surface area contributed by atoms with E-state index in [0.717, 1.165) is 38.0 Å². The van der Waals surface area contributed by atoms with Crippen LogP contribution in [0.3, 0.4) is 0 Å². The molecule has 0 N–H and O–H groups in total. The molecule has 2 rings (SSSR count). The van der Waals surface area contributed by atoms with E-state index >= 15 is 0 Å². The highest BCUT2D eigenvalue weighted by atomic mass is 35.5. The molecule has 27 heavy (non-hydrogen) atoms. The van der Waals surface area contributed by atoms with Gasteiger partial charge in [0.1, 0.15) is 0 Å². The molecule has 0 aliphatic heterocycles. The van der Waals surface area contributed by atoms with Crippen molar-refractivity contribution in [3.8, 4) is 0 Å². The minimum absolute atomic E-state index is 0.0124. The summed E-state index contributed by atoms with van der Waals surface area (Å²) in [4.78, 5) is 4.09. The van der Waals surface area contributed by atoms with Crippen molar-refractivity contribution in [1.82, 2.24) is 9.55 Å². The van der Waals surface area contributed by atoms with Gasteiger partial charge in [-0.15, -0.1) is 0 Å². The Kier molecular flexibility index (Phi) is 10.9. The van der Waals surface area contributed by atoms with Crippen LogP contribution in [0.5, 0.6) is 0 Å². The van der Waals surface area contributed by atoms with E-state index < -0.39 is 0 Å². The Morgan fingerprint density at radius 3 is 2.52 bits per heavy atom. The Hall–Kier alpha value is -1.03. The molecule has 1 aromatic carbocycles. The van der Waals surface area contributed by atoms with Crippen molar-refractivity contribution < 1.29 is 4.74 Å². The van der Waals surface area contributed by atoms with Crippen molar-refractivity contribution in [3.63, 3.8) is 0 Å². The van der Waals surface area contributed by atoms with Crippen LogP contribution in [0.25, 0.3) is 0 Å². The van der Waals surface area contributed by atoms with Gasteiger partial charge in [0.05, 0.1) is 12.4 Å². The number of unbranched alkanes of at least 4 members (excludes halogenated alkanes) is 6. The number of aromatic nitrogens is 2. The molecule has 1 aromatic heterocycles. The maximum atomic E-state index is 6.43. The summed E-state index contributed by atoms with van der Waals surface area (Å²) in [7, 11) is 0. The normalized spacial score (nSPS) is 12.4. The summed E-state index contributed by atoms with van der Waals surface area (Å²) in [5.41, 5.74) is 1.04. The summed E-state index contributed by atoms with van der Waals surface area (Å²) in [6, 6.07) is 5.69. The number of imidazole rings is 1. The van der Waals surface area contributed by atoms with Crippen molar-refractivity contribution >= 4 is 23.2 Å². The third kappa shape index (κ3) is 8.68. The van der Waals surface area contributed by atoms with Gasteiger partial charge >= 0.3 is 0 Å². The number of hydrogen-bond donors (Lipinski definition) is 0. The van der Waals surface area contributed by atoms with Crippen molar-refractivity contribution in [2.75, 3.05) is 6.61 Å². The van der Waals surface area contributed by atoms with Crippen LogP contribution in [0.15, 0.2) is 36.9 Å². The van der Waals surface area contributed by atoms with E-state index in [9.17, 15) is 0 Å². The maximum absolute atomic E-state index is 6.43. The van der Waals surface area contributed by atoms with E-state index in [2.05, 4.69) is 16.5 Å². The maximum Gasteiger partial charge on any atom is 0.0945 e. The molecule has 150 valence electrons. The fourth-order valence-electron chi connectivity index (χ4n) is 3.25. The first-order chi connectivity index (χ1) is 13.2. The number of aryl methyl sites for hydroxylation is 1. The minimum Gasteiger partial charge on any atom is -0.373 e. The number of rotatable bonds is 14. The van der Waals surface area contributed by atoms with Gasteiger partial charge in [0.25, 0.3) is 0 Å². The summed E-state index contributed by atoms with van der Waals surface area (Å²) >= 11 is 12.5. The first-order valence-corrected chi connectivity index (χ1v) is 11.0. The highest BCUT2D eigenvalue weighted by Crippen LogP contribution is 2.31. The molecule has 0 radical (unpaired) electrons. The van der Waals surface area contributed by atoms with Crippen LogP contribution < -0.4 is 0 Å². The summed E-state index contributed by atoms with van der Waals surface area (Å²) in [5, 5.41) is 1.35. The smallest absolute Gasteiger partial charge is 0.0945 e.